The predicted octanol–water partition coefficient (Wildman–Crippen LogP) is 5.34. The zero-order valence-electron chi connectivity index (χ0n) is 11.2. The Morgan fingerprint density at radius 1 is 1.21 bits per heavy atom. The van der Waals surface area contributed by atoms with Crippen molar-refractivity contribution in [2.75, 3.05) is 5.32 Å². The Hall–Kier alpha value is -0.740. The Bertz CT molecular complexity index is 538. The van der Waals surface area contributed by atoms with Crippen molar-refractivity contribution in [3.8, 4) is 0 Å². The van der Waals surface area contributed by atoms with Gasteiger partial charge < -0.3 is 9.88 Å². The van der Waals surface area contributed by atoms with Gasteiger partial charge >= 0.3 is 0 Å². The van der Waals surface area contributed by atoms with Gasteiger partial charge in [0.25, 0.3) is 0 Å². The number of benzene rings is 1. The van der Waals surface area contributed by atoms with Gasteiger partial charge in [-0.15, -0.1) is 0 Å². The molecule has 1 aromatic carbocycles. The second kappa shape index (κ2) is 6.62. The molecule has 0 bridgehead atoms. The zero-order chi connectivity index (χ0) is 13.8. The van der Waals surface area contributed by atoms with E-state index in [2.05, 4.69) is 86.2 Å². The molecule has 19 heavy (non-hydrogen) atoms. The third kappa shape index (κ3) is 3.86. The first kappa shape index (κ1) is 14.7. The van der Waals surface area contributed by atoms with Crippen LogP contribution in [0.1, 0.15) is 24.5 Å². The number of nitrogens with zero attached hydrogens (tertiary/aromatic N) is 1. The SMILES string of the molecule is CCCn1ccc(CNc2c(Br)cc(C)cc2Br)c1. The van der Waals surface area contributed by atoms with Crippen LogP contribution in [0.5, 0.6) is 0 Å². The number of nitrogens with one attached hydrogen (secondary N) is 1. The fraction of sp³-hybridized carbons (Fsp3) is 0.333. The fourth-order valence-electron chi connectivity index (χ4n) is 2.05. The van der Waals surface area contributed by atoms with E-state index in [4.69, 9.17) is 0 Å². The summed E-state index contributed by atoms with van der Waals surface area (Å²) in [4.78, 5) is 0. The fourth-order valence-corrected chi connectivity index (χ4v) is 3.75. The molecule has 0 radical (unpaired) electrons. The molecule has 102 valence electrons. The second-order valence-electron chi connectivity index (χ2n) is 4.71. The first-order valence-electron chi connectivity index (χ1n) is 6.44. The van der Waals surface area contributed by atoms with Crippen LogP contribution in [-0.2, 0) is 13.1 Å². The van der Waals surface area contributed by atoms with Crippen molar-refractivity contribution < 1.29 is 0 Å². The van der Waals surface area contributed by atoms with Gasteiger partial charge in [-0.1, -0.05) is 6.92 Å². The van der Waals surface area contributed by atoms with Gasteiger partial charge in [-0.05, 0) is 74.5 Å². The summed E-state index contributed by atoms with van der Waals surface area (Å²) in [5, 5.41) is 3.47. The lowest BCUT2D eigenvalue weighted by molar-refractivity contribution is 0.681. The quantitative estimate of drug-likeness (QED) is 0.734. The maximum atomic E-state index is 3.60. The van der Waals surface area contributed by atoms with Crippen molar-refractivity contribution in [2.45, 2.75) is 33.4 Å². The van der Waals surface area contributed by atoms with Crippen molar-refractivity contribution in [2.24, 2.45) is 0 Å². The maximum Gasteiger partial charge on any atom is 0.0631 e. The molecular weight excluding hydrogens is 368 g/mol. The molecule has 0 spiro atoms. The Kier molecular flexibility index (Phi) is 5.11. The summed E-state index contributed by atoms with van der Waals surface area (Å²) in [5.41, 5.74) is 3.64. The van der Waals surface area contributed by atoms with Gasteiger partial charge in [0.15, 0.2) is 0 Å². The van der Waals surface area contributed by atoms with Crippen LogP contribution in [0.3, 0.4) is 0 Å². The molecule has 2 nitrogen and oxygen atoms in total. The average molecular weight is 386 g/mol. The summed E-state index contributed by atoms with van der Waals surface area (Å²) in [6.45, 7) is 6.19. The van der Waals surface area contributed by atoms with Crippen LogP contribution in [0.2, 0.25) is 0 Å². The van der Waals surface area contributed by atoms with Crippen molar-refractivity contribution >= 4 is 37.5 Å². The third-order valence-corrected chi connectivity index (χ3v) is 4.20. The number of anilines is 1. The van der Waals surface area contributed by atoms with Crippen LogP contribution in [-0.4, -0.2) is 4.57 Å². The van der Waals surface area contributed by atoms with E-state index in [1.165, 1.54) is 11.1 Å². The second-order valence-corrected chi connectivity index (χ2v) is 6.42. The van der Waals surface area contributed by atoms with Gasteiger partial charge in [0.05, 0.1) is 5.69 Å². The lowest BCUT2D eigenvalue weighted by Gasteiger charge is -2.11. The minimum Gasteiger partial charge on any atom is -0.379 e. The number of aromatic nitrogens is 1. The largest absolute Gasteiger partial charge is 0.379 e. The predicted molar refractivity (Wildman–Crippen MR) is 88.6 cm³/mol. The maximum absolute atomic E-state index is 3.60. The number of hydrogen-bond donors (Lipinski definition) is 1. The summed E-state index contributed by atoms with van der Waals surface area (Å²) in [6.07, 6.45) is 5.50. The highest BCUT2D eigenvalue weighted by molar-refractivity contribution is 9.11. The molecule has 0 fully saturated rings. The van der Waals surface area contributed by atoms with Crippen molar-refractivity contribution in [1.82, 2.24) is 4.57 Å². The Morgan fingerprint density at radius 3 is 2.53 bits per heavy atom. The van der Waals surface area contributed by atoms with Crippen LogP contribution >= 0.6 is 31.9 Å². The van der Waals surface area contributed by atoms with Crippen LogP contribution in [0, 0.1) is 6.92 Å². The summed E-state index contributed by atoms with van der Waals surface area (Å²) in [6, 6.07) is 6.41. The topological polar surface area (TPSA) is 17.0 Å². The van der Waals surface area contributed by atoms with Gasteiger partial charge in [0.2, 0.25) is 0 Å². The highest BCUT2D eigenvalue weighted by Gasteiger charge is 2.06. The molecule has 0 aliphatic heterocycles. The molecule has 1 aromatic heterocycles. The van der Waals surface area contributed by atoms with Gasteiger partial charge in [-0.3, -0.25) is 0 Å². The van der Waals surface area contributed by atoms with Crippen molar-refractivity contribution in [3.63, 3.8) is 0 Å². The molecule has 2 aromatic rings. The summed E-state index contributed by atoms with van der Waals surface area (Å²) in [7, 11) is 0. The molecule has 0 unspecified atom stereocenters. The molecule has 0 aliphatic rings. The molecule has 0 saturated heterocycles. The molecule has 4 heteroatoms. The molecule has 1 heterocycles. The van der Waals surface area contributed by atoms with E-state index in [-0.39, 0.29) is 0 Å². The smallest absolute Gasteiger partial charge is 0.0631 e. The highest BCUT2D eigenvalue weighted by Crippen LogP contribution is 2.32. The summed E-state index contributed by atoms with van der Waals surface area (Å²) in [5.74, 6) is 0. The number of aryl methyl sites for hydroxylation is 2. The van der Waals surface area contributed by atoms with E-state index in [0.29, 0.717) is 0 Å². The molecule has 2 rings (SSSR count). The molecule has 0 atom stereocenters. The van der Waals surface area contributed by atoms with Gasteiger partial charge in [0, 0.05) is 34.4 Å². The molecular formula is C15H18Br2N2. The van der Waals surface area contributed by atoms with Gasteiger partial charge in [-0.25, -0.2) is 0 Å². The van der Waals surface area contributed by atoms with E-state index in [0.717, 1.165) is 34.1 Å². The number of rotatable bonds is 5. The first-order chi connectivity index (χ1) is 9.10. The lowest BCUT2D eigenvalue weighted by Crippen LogP contribution is -2.01. The minimum absolute atomic E-state index is 0.830. The van der Waals surface area contributed by atoms with Crippen molar-refractivity contribution in [1.29, 1.82) is 0 Å². The number of hydrogen-bond acceptors (Lipinski definition) is 1. The van der Waals surface area contributed by atoms with Crippen LogP contribution in [0.4, 0.5) is 5.69 Å². The molecule has 0 saturated carbocycles. The standard InChI is InChI=1S/C15H18Br2N2/c1-3-5-19-6-4-12(10-19)9-18-15-13(16)7-11(2)8-14(15)17/h4,6-8,10,18H,3,5,9H2,1-2H3. The monoisotopic (exact) mass is 384 g/mol. The van der Waals surface area contributed by atoms with E-state index >= 15 is 0 Å². The molecule has 1 N–H and O–H groups in total. The van der Waals surface area contributed by atoms with Crippen molar-refractivity contribution in [3.05, 3.63) is 50.7 Å². The molecule has 0 aliphatic carbocycles. The summed E-state index contributed by atoms with van der Waals surface area (Å²) < 4.78 is 4.41. The normalized spacial score (nSPS) is 10.7. The zero-order valence-corrected chi connectivity index (χ0v) is 14.4. The third-order valence-electron chi connectivity index (χ3n) is 2.95. The lowest BCUT2D eigenvalue weighted by atomic mass is 10.2. The average Bonchev–Trinajstić information content (AvgIpc) is 2.76. The van der Waals surface area contributed by atoms with E-state index < -0.39 is 0 Å². The van der Waals surface area contributed by atoms with Crippen LogP contribution in [0.25, 0.3) is 0 Å². The highest BCUT2D eigenvalue weighted by atomic mass is 79.9. The van der Waals surface area contributed by atoms with E-state index in [1.807, 2.05) is 0 Å². The number of halogens is 2. The van der Waals surface area contributed by atoms with Gasteiger partial charge in [-0.2, -0.15) is 0 Å². The van der Waals surface area contributed by atoms with Gasteiger partial charge in [0.1, 0.15) is 0 Å². The Balaban J connectivity index is 2.05. The minimum atomic E-state index is 0.830. The Labute approximate surface area is 131 Å². The molecule has 0 amide bonds. The first-order valence-corrected chi connectivity index (χ1v) is 8.03. The summed E-state index contributed by atoms with van der Waals surface area (Å²) >= 11 is 7.21. The van der Waals surface area contributed by atoms with E-state index in [9.17, 15) is 0 Å². The van der Waals surface area contributed by atoms with Crippen LogP contribution < -0.4 is 5.32 Å². The Morgan fingerprint density at radius 2 is 1.89 bits per heavy atom. The van der Waals surface area contributed by atoms with E-state index in [1.54, 1.807) is 0 Å². The van der Waals surface area contributed by atoms with Crippen LogP contribution in [0.15, 0.2) is 39.5 Å².